The molecule has 4 nitrogen and oxygen atoms in total. The Hall–Kier alpha value is -0.590. The summed E-state index contributed by atoms with van der Waals surface area (Å²) in [6.07, 6.45) is 2.26. The van der Waals surface area contributed by atoms with Crippen LogP contribution in [-0.2, 0) is 10.0 Å². The number of rotatable bonds is 5. The van der Waals surface area contributed by atoms with Crippen molar-refractivity contribution in [1.29, 1.82) is 0 Å². The Labute approximate surface area is 116 Å². The number of nitrogen functional groups attached to an aromatic ring is 1. The van der Waals surface area contributed by atoms with Gasteiger partial charge in [-0.1, -0.05) is 6.92 Å². The van der Waals surface area contributed by atoms with Crippen molar-refractivity contribution in [2.24, 2.45) is 5.92 Å². The first-order chi connectivity index (χ1) is 8.45. The normalized spacial score (nSPS) is 16.2. The molecule has 0 aromatic heterocycles. The second kappa shape index (κ2) is 5.19. The van der Waals surface area contributed by atoms with Crippen LogP contribution in [0, 0.1) is 5.92 Å². The van der Waals surface area contributed by atoms with Crippen molar-refractivity contribution in [2.75, 3.05) is 18.8 Å². The van der Waals surface area contributed by atoms with E-state index in [0.29, 0.717) is 29.2 Å². The number of halogens is 1. The van der Waals surface area contributed by atoms with E-state index < -0.39 is 10.0 Å². The molecule has 1 fully saturated rings. The molecule has 1 aromatic carbocycles. The van der Waals surface area contributed by atoms with Gasteiger partial charge in [-0.25, -0.2) is 8.42 Å². The molecule has 100 valence electrons. The highest BCUT2D eigenvalue weighted by Gasteiger charge is 2.31. The number of sulfonamides is 1. The smallest absolute Gasteiger partial charge is 0.244 e. The summed E-state index contributed by atoms with van der Waals surface area (Å²) in [6, 6.07) is 4.86. The fourth-order valence-corrected chi connectivity index (χ4v) is 4.33. The lowest BCUT2D eigenvalue weighted by Crippen LogP contribution is -2.33. The summed E-state index contributed by atoms with van der Waals surface area (Å²) in [6.45, 7) is 2.96. The van der Waals surface area contributed by atoms with Crippen LogP contribution in [0.1, 0.15) is 19.8 Å². The van der Waals surface area contributed by atoms with Crippen LogP contribution in [0.5, 0.6) is 0 Å². The Kier molecular flexibility index (Phi) is 3.99. The zero-order chi connectivity index (χ0) is 13.3. The van der Waals surface area contributed by atoms with Crippen molar-refractivity contribution >= 4 is 31.6 Å². The molecule has 1 aliphatic carbocycles. The fraction of sp³-hybridized carbons (Fsp3) is 0.500. The van der Waals surface area contributed by atoms with E-state index in [2.05, 4.69) is 15.9 Å². The molecular weight excluding hydrogens is 316 g/mol. The lowest BCUT2D eigenvalue weighted by molar-refractivity contribution is 0.412. The summed E-state index contributed by atoms with van der Waals surface area (Å²) in [5, 5.41) is 0. The van der Waals surface area contributed by atoms with Crippen LogP contribution in [0.15, 0.2) is 27.6 Å². The van der Waals surface area contributed by atoms with Gasteiger partial charge in [0.2, 0.25) is 10.0 Å². The molecule has 0 bridgehead atoms. The summed E-state index contributed by atoms with van der Waals surface area (Å²) >= 11 is 3.28. The highest BCUT2D eigenvalue weighted by atomic mass is 79.9. The maximum atomic E-state index is 12.5. The van der Waals surface area contributed by atoms with E-state index in [0.717, 1.165) is 12.8 Å². The van der Waals surface area contributed by atoms with Gasteiger partial charge in [0, 0.05) is 23.2 Å². The van der Waals surface area contributed by atoms with Gasteiger partial charge in [0.15, 0.2) is 0 Å². The van der Waals surface area contributed by atoms with Crippen molar-refractivity contribution in [3.8, 4) is 0 Å². The predicted octanol–water partition coefficient (Wildman–Crippen LogP) is 2.45. The van der Waals surface area contributed by atoms with Gasteiger partial charge >= 0.3 is 0 Å². The van der Waals surface area contributed by atoms with Crippen molar-refractivity contribution in [1.82, 2.24) is 4.31 Å². The third-order valence-corrected chi connectivity index (χ3v) is 6.02. The third kappa shape index (κ3) is 2.87. The van der Waals surface area contributed by atoms with Gasteiger partial charge in [0.1, 0.15) is 0 Å². The SMILES string of the molecule is CCN(CC1CC1)S(=O)(=O)c1cc(N)ccc1Br. The largest absolute Gasteiger partial charge is 0.399 e. The second-order valence-electron chi connectivity index (χ2n) is 4.59. The van der Waals surface area contributed by atoms with Crippen LogP contribution in [0.3, 0.4) is 0 Å². The maximum absolute atomic E-state index is 12.5. The second-order valence-corrected chi connectivity index (χ2v) is 7.35. The number of hydrogen-bond donors (Lipinski definition) is 1. The van der Waals surface area contributed by atoms with Gasteiger partial charge in [-0.05, 0) is 52.9 Å². The number of hydrogen-bond acceptors (Lipinski definition) is 3. The molecule has 0 amide bonds. The van der Waals surface area contributed by atoms with Crippen LogP contribution in [0.4, 0.5) is 5.69 Å². The first-order valence-corrected chi connectivity index (χ1v) is 8.23. The van der Waals surface area contributed by atoms with E-state index in [-0.39, 0.29) is 4.90 Å². The lowest BCUT2D eigenvalue weighted by Gasteiger charge is -2.21. The molecule has 0 atom stereocenters. The van der Waals surface area contributed by atoms with E-state index in [1.54, 1.807) is 12.1 Å². The van der Waals surface area contributed by atoms with Crippen molar-refractivity contribution in [2.45, 2.75) is 24.7 Å². The van der Waals surface area contributed by atoms with Gasteiger partial charge in [-0.2, -0.15) is 4.31 Å². The average molecular weight is 333 g/mol. The fourth-order valence-electron chi connectivity index (χ4n) is 1.84. The minimum absolute atomic E-state index is 0.255. The monoisotopic (exact) mass is 332 g/mol. The summed E-state index contributed by atoms with van der Waals surface area (Å²) in [7, 11) is -3.45. The molecule has 0 radical (unpaired) electrons. The van der Waals surface area contributed by atoms with Crippen LogP contribution >= 0.6 is 15.9 Å². The zero-order valence-electron chi connectivity index (χ0n) is 10.3. The van der Waals surface area contributed by atoms with Gasteiger partial charge in [0.05, 0.1) is 4.90 Å². The van der Waals surface area contributed by atoms with E-state index in [4.69, 9.17) is 5.73 Å². The summed E-state index contributed by atoms with van der Waals surface area (Å²) < 4.78 is 27.2. The number of anilines is 1. The third-order valence-electron chi connectivity index (χ3n) is 3.08. The minimum atomic E-state index is -3.45. The first kappa shape index (κ1) is 13.8. The Balaban J connectivity index is 2.35. The van der Waals surface area contributed by atoms with Crippen molar-refractivity contribution < 1.29 is 8.42 Å². The van der Waals surface area contributed by atoms with E-state index in [1.807, 2.05) is 6.92 Å². The topological polar surface area (TPSA) is 63.4 Å². The molecule has 0 unspecified atom stereocenters. The van der Waals surface area contributed by atoms with Gasteiger partial charge in [-0.3, -0.25) is 0 Å². The van der Waals surface area contributed by atoms with Crippen LogP contribution in [-0.4, -0.2) is 25.8 Å². The molecule has 1 aliphatic rings. The molecule has 0 heterocycles. The molecule has 0 saturated heterocycles. The standard InChI is InChI=1S/C12H17BrN2O2S/c1-2-15(8-9-3-4-9)18(16,17)12-7-10(14)5-6-11(12)13/h5-7,9H,2-4,8,14H2,1H3. The average Bonchev–Trinajstić information content (AvgIpc) is 3.12. The first-order valence-electron chi connectivity index (χ1n) is 6.00. The van der Waals surface area contributed by atoms with E-state index in [9.17, 15) is 8.42 Å². The van der Waals surface area contributed by atoms with Gasteiger partial charge in [-0.15, -0.1) is 0 Å². The van der Waals surface area contributed by atoms with Gasteiger partial charge in [0.25, 0.3) is 0 Å². The minimum Gasteiger partial charge on any atom is -0.399 e. The Morgan fingerprint density at radius 3 is 2.67 bits per heavy atom. The molecule has 6 heteroatoms. The summed E-state index contributed by atoms with van der Waals surface area (Å²) in [4.78, 5) is 0.255. The molecule has 0 spiro atoms. The maximum Gasteiger partial charge on any atom is 0.244 e. The zero-order valence-corrected chi connectivity index (χ0v) is 12.7. The molecule has 2 N–H and O–H groups in total. The van der Waals surface area contributed by atoms with Crippen LogP contribution in [0.2, 0.25) is 0 Å². The Morgan fingerprint density at radius 2 is 2.11 bits per heavy atom. The Bertz CT molecular complexity index is 541. The number of benzene rings is 1. The van der Waals surface area contributed by atoms with Crippen molar-refractivity contribution in [3.63, 3.8) is 0 Å². The molecule has 18 heavy (non-hydrogen) atoms. The quantitative estimate of drug-likeness (QED) is 0.842. The highest BCUT2D eigenvalue weighted by molar-refractivity contribution is 9.10. The summed E-state index contributed by atoms with van der Waals surface area (Å²) in [5.74, 6) is 0.527. The van der Waals surface area contributed by atoms with Gasteiger partial charge < -0.3 is 5.73 Å². The number of nitrogens with two attached hydrogens (primary N) is 1. The molecule has 1 saturated carbocycles. The summed E-state index contributed by atoms with van der Waals surface area (Å²) in [5.41, 5.74) is 6.13. The number of nitrogens with zero attached hydrogens (tertiary/aromatic N) is 1. The lowest BCUT2D eigenvalue weighted by atomic mass is 10.3. The highest BCUT2D eigenvalue weighted by Crippen LogP contribution is 2.33. The van der Waals surface area contributed by atoms with Crippen molar-refractivity contribution in [3.05, 3.63) is 22.7 Å². The molecule has 1 aromatic rings. The molecule has 0 aliphatic heterocycles. The predicted molar refractivity (Wildman–Crippen MR) is 75.7 cm³/mol. The van der Waals surface area contributed by atoms with Crippen LogP contribution in [0.25, 0.3) is 0 Å². The molecular formula is C12H17BrN2O2S. The van der Waals surface area contributed by atoms with E-state index in [1.165, 1.54) is 10.4 Å². The Morgan fingerprint density at radius 1 is 1.44 bits per heavy atom. The molecule has 2 rings (SSSR count). The van der Waals surface area contributed by atoms with E-state index >= 15 is 0 Å². The van der Waals surface area contributed by atoms with Crippen LogP contribution < -0.4 is 5.73 Å².